The third kappa shape index (κ3) is 3.21. The fourth-order valence-electron chi connectivity index (χ4n) is 1.78. The van der Waals surface area contributed by atoms with Crippen molar-refractivity contribution in [3.05, 3.63) is 41.5 Å². The predicted molar refractivity (Wildman–Crippen MR) is 72.0 cm³/mol. The zero-order valence-electron chi connectivity index (χ0n) is 11.0. The summed E-state index contributed by atoms with van der Waals surface area (Å²) < 4.78 is 31.7. The molecular formula is C12H16N4O3S. The summed E-state index contributed by atoms with van der Waals surface area (Å²) in [5.41, 5.74) is 7.06. The third-order valence-electron chi connectivity index (χ3n) is 2.86. The molecule has 0 amide bonds. The second kappa shape index (κ2) is 6.12. The molecule has 0 fully saturated rings. The first-order valence-corrected chi connectivity index (χ1v) is 7.62. The van der Waals surface area contributed by atoms with Crippen LogP contribution in [-0.2, 0) is 29.5 Å². The highest BCUT2D eigenvalue weighted by atomic mass is 32.2. The van der Waals surface area contributed by atoms with Gasteiger partial charge in [-0.25, -0.2) is 13.1 Å². The summed E-state index contributed by atoms with van der Waals surface area (Å²) in [5, 5.41) is 3.56. The molecule has 1 heterocycles. The highest BCUT2D eigenvalue weighted by Gasteiger charge is 2.18. The lowest BCUT2D eigenvalue weighted by atomic mass is 10.1. The molecule has 0 atom stereocenters. The number of hydrogen-bond acceptors (Lipinski definition) is 6. The van der Waals surface area contributed by atoms with Crippen LogP contribution in [0.15, 0.2) is 34.0 Å². The van der Waals surface area contributed by atoms with E-state index in [0.29, 0.717) is 6.42 Å². The molecule has 1 aromatic heterocycles. The van der Waals surface area contributed by atoms with E-state index in [1.54, 1.807) is 12.1 Å². The van der Waals surface area contributed by atoms with Crippen molar-refractivity contribution in [2.45, 2.75) is 31.3 Å². The maximum atomic E-state index is 12.3. The number of sulfonamides is 1. The Labute approximate surface area is 117 Å². The number of nitrogens with one attached hydrogen (secondary N) is 1. The van der Waals surface area contributed by atoms with Crippen LogP contribution in [0.4, 0.5) is 0 Å². The van der Waals surface area contributed by atoms with Crippen LogP contribution in [0.2, 0.25) is 0 Å². The van der Waals surface area contributed by atoms with Gasteiger partial charge in [-0.1, -0.05) is 24.2 Å². The van der Waals surface area contributed by atoms with E-state index in [1.165, 1.54) is 0 Å². The topological polar surface area (TPSA) is 111 Å². The second-order valence-corrected chi connectivity index (χ2v) is 5.91. The molecule has 0 aliphatic rings. The Morgan fingerprint density at radius 2 is 2.20 bits per heavy atom. The predicted octanol–water partition coefficient (Wildman–Crippen LogP) is 0.569. The average Bonchev–Trinajstić information content (AvgIpc) is 2.98. The summed E-state index contributed by atoms with van der Waals surface area (Å²) in [4.78, 5) is 4.01. The molecule has 7 nitrogen and oxygen atoms in total. The molecule has 0 radical (unpaired) electrons. The first-order valence-electron chi connectivity index (χ1n) is 6.13. The lowest BCUT2D eigenvalue weighted by molar-refractivity contribution is 0.409. The largest absolute Gasteiger partial charge is 0.343 e. The fourth-order valence-corrected chi connectivity index (χ4v) is 3.11. The number of aryl methyl sites for hydroxylation is 1. The number of aromatic nitrogens is 2. The van der Waals surface area contributed by atoms with Gasteiger partial charge >= 0.3 is 0 Å². The maximum absolute atomic E-state index is 12.3. The normalized spacial score (nSPS) is 11.7. The Morgan fingerprint density at radius 1 is 1.40 bits per heavy atom. The van der Waals surface area contributed by atoms with Crippen molar-refractivity contribution >= 4 is 10.0 Å². The first-order chi connectivity index (χ1) is 9.56. The van der Waals surface area contributed by atoms with Gasteiger partial charge < -0.3 is 10.3 Å². The molecule has 2 rings (SSSR count). The quantitative estimate of drug-likeness (QED) is 0.806. The summed E-state index contributed by atoms with van der Waals surface area (Å²) in [6, 6.07) is 5.21. The number of rotatable bonds is 6. The van der Waals surface area contributed by atoms with E-state index in [2.05, 4.69) is 19.4 Å². The number of nitrogens with zero attached hydrogens (tertiary/aromatic N) is 2. The van der Waals surface area contributed by atoms with Crippen LogP contribution < -0.4 is 10.5 Å². The molecule has 2 aromatic rings. The van der Waals surface area contributed by atoms with Crippen molar-refractivity contribution in [2.75, 3.05) is 0 Å². The van der Waals surface area contributed by atoms with E-state index in [1.807, 2.05) is 13.0 Å². The van der Waals surface area contributed by atoms with Gasteiger partial charge in [-0.05, 0) is 23.6 Å². The van der Waals surface area contributed by atoms with Crippen LogP contribution in [-0.4, -0.2) is 18.6 Å². The fraction of sp³-hybridized carbons (Fsp3) is 0.333. The molecule has 0 saturated carbocycles. The SMILES string of the molecule is CCc1ccc(CN)cc1S(=O)(=O)NCc1ncon1. The van der Waals surface area contributed by atoms with E-state index in [-0.39, 0.29) is 23.8 Å². The van der Waals surface area contributed by atoms with Gasteiger partial charge in [-0.15, -0.1) is 0 Å². The van der Waals surface area contributed by atoms with Crippen LogP contribution in [0, 0.1) is 0 Å². The lowest BCUT2D eigenvalue weighted by Crippen LogP contribution is -2.25. The molecule has 20 heavy (non-hydrogen) atoms. The zero-order valence-corrected chi connectivity index (χ0v) is 11.9. The Bertz CT molecular complexity index is 668. The van der Waals surface area contributed by atoms with E-state index in [0.717, 1.165) is 17.5 Å². The van der Waals surface area contributed by atoms with Gasteiger partial charge in [0.1, 0.15) is 0 Å². The van der Waals surface area contributed by atoms with Gasteiger partial charge in [0.25, 0.3) is 0 Å². The summed E-state index contributed by atoms with van der Waals surface area (Å²) in [7, 11) is -3.64. The lowest BCUT2D eigenvalue weighted by Gasteiger charge is -2.11. The Morgan fingerprint density at radius 3 is 2.80 bits per heavy atom. The van der Waals surface area contributed by atoms with Crippen molar-refractivity contribution in [2.24, 2.45) is 5.73 Å². The minimum absolute atomic E-state index is 0.0190. The van der Waals surface area contributed by atoms with Crippen LogP contribution in [0.3, 0.4) is 0 Å². The molecule has 0 spiro atoms. The Balaban J connectivity index is 2.28. The number of nitrogens with two attached hydrogens (primary N) is 1. The van der Waals surface area contributed by atoms with Crippen molar-refractivity contribution in [1.29, 1.82) is 0 Å². The maximum Gasteiger partial charge on any atom is 0.241 e. The molecule has 8 heteroatoms. The summed E-state index contributed by atoms with van der Waals surface area (Å²) in [6.07, 6.45) is 1.76. The molecule has 1 aromatic carbocycles. The number of benzene rings is 1. The smallest absolute Gasteiger partial charge is 0.241 e. The average molecular weight is 296 g/mol. The molecule has 3 N–H and O–H groups in total. The molecule has 0 aliphatic heterocycles. The van der Waals surface area contributed by atoms with Gasteiger partial charge in [0, 0.05) is 6.54 Å². The monoisotopic (exact) mass is 296 g/mol. The molecule has 0 bridgehead atoms. The Hall–Kier alpha value is -1.77. The summed E-state index contributed by atoms with van der Waals surface area (Å²) >= 11 is 0. The van der Waals surface area contributed by atoms with Crippen molar-refractivity contribution < 1.29 is 12.9 Å². The van der Waals surface area contributed by atoms with Gasteiger partial charge in [0.2, 0.25) is 16.4 Å². The van der Waals surface area contributed by atoms with Gasteiger partial charge in [0.15, 0.2) is 5.82 Å². The van der Waals surface area contributed by atoms with Crippen molar-refractivity contribution in [1.82, 2.24) is 14.9 Å². The molecule has 108 valence electrons. The van der Waals surface area contributed by atoms with E-state index in [4.69, 9.17) is 5.73 Å². The van der Waals surface area contributed by atoms with Gasteiger partial charge in [-0.3, -0.25) is 0 Å². The van der Waals surface area contributed by atoms with Crippen molar-refractivity contribution in [3.63, 3.8) is 0 Å². The summed E-state index contributed by atoms with van der Waals surface area (Å²) in [6.45, 7) is 2.17. The standard InChI is InChI=1S/C12H16N4O3S/c1-2-10-4-3-9(6-13)5-11(10)20(17,18)15-7-12-14-8-19-16-12/h3-5,8,15H,2,6-7,13H2,1H3. The molecule has 0 saturated heterocycles. The third-order valence-corrected chi connectivity index (χ3v) is 4.35. The highest BCUT2D eigenvalue weighted by molar-refractivity contribution is 7.89. The van der Waals surface area contributed by atoms with E-state index >= 15 is 0 Å². The molecule has 0 aliphatic carbocycles. The van der Waals surface area contributed by atoms with E-state index in [9.17, 15) is 8.42 Å². The van der Waals surface area contributed by atoms with Crippen LogP contribution >= 0.6 is 0 Å². The van der Waals surface area contributed by atoms with E-state index < -0.39 is 10.0 Å². The second-order valence-electron chi connectivity index (χ2n) is 4.17. The van der Waals surface area contributed by atoms with Gasteiger partial charge in [-0.2, -0.15) is 4.98 Å². The van der Waals surface area contributed by atoms with Gasteiger partial charge in [0.05, 0.1) is 11.4 Å². The van der Waals surface area contributed by atoms with Crippen molar-refractivity contribution in [3.8, 4) is 0 Å². The van der Waals surface area contributed by atoms with Crippen LogP contribution in [0.5, 0.6) is 0 Å². The minimum atomic E-state index is -3.64. The molecule has 0 unspecified atom stereocenters. The Kier molecular flexibility index (Phi) is 4.48. The van der Waals surface area contributed by atoms with Crippen LogP contribution in [0.25, 0.3) is 0 Å². The molecular weight excluding hydrogens is 280 g/mol. The summed E-state index contributed by atoms with van der Waals surface area (Å²) in [5.74, 6) is 0.279. The van der Waals surface area contributed by atoms with Crippen LogP contribution in [0.1, 0.15) is 23.9 Å². The number of hydrogen-bond donors (Lipinski definition) is 2. The first kappa shape index (κ1) is 14.6. The minimum Gasteiger partial charge on any atom is -0.343 e. The highest BCUT2D eigenvalue weighted by Crippen LogP contribution is 2.18. The zero-order chi connectivity index (χ0) is 14.6.